The Bertz CT molecular complexity index is 864. The Morgan fingerprint density at radius 3 is 2.24 bits per heavy atom. The summed E-state index contributed by atoms with van der Waals surface area (Å²) >= 11 is 0. The van der Waals surface area contributed by atoms with Gasteiger partial charge in [0.15, 0.2) is 0 Å². The van der Waals surface area contributed by atoms with Crippen LogP contribution >= 0.6 is 0 Å². The third-order valence-corrected chi connectivity index (χ3v) is 5.19. The molecule has 0 aromatic heterocycles. The van der Waals surface area contributed by atoms with Crippen molar-refractivity contribution in [1.82, 2.24) is 0 Å². The van der Waals surface area contributed by atoms with Crippen LogP contribution in [0.5, 0.6) is 11.5 Å². The second kappa shape index (κ2) is 15.1. The Morgan fingerprint density at radius 2 is 1.58 bits per heavy atom. The maximum absolute atomic E-state index is 6.05. The van der Waals surface area contributed by atoms with Crippen LogP contribution in [0.2, 0.25) is 0 Å². The van der Waals surface area contributed by atoms with Crippen LogP contribution in [0, 0.1) is 13.8 Å². The molecule has 0 N–H and O–H groups in total. The summed E-state index contributed by atoms with van der Waals surface area (Å²) in [5.74, 6) is 1.86. The van der Waals surface area contributed by atoms with Gasteiger partial charge in [0.1, 0.15) is 25.2 Å². The Kier molecular flexibility index (Phi) is 12.1. The largest absolute Gasteiger partial charge is 0.493 e. The molecular weight excluding hydrogens is 414 g/mol. The number of allylic oxidation sites excluding steroid dienone is 1. The molecule has 0 saturated carbocycles. The van der Waals surface area contributed by atoms with E-state index in [1.54, 1.807) is 7.11 Å². The van der Waals surface area contributed by atoms with Gasteiger partial charge < -0.3 is 19.0 Å². The number of ether oxygens (including phenoxy) is 3. The summed E-state index contributed by atoms with van der Waals surface area (Å²) in [5.41, 5.74) is 5.59. The number of aryl methyl sites for hydroxylation is 2. The van der Waals surface area contributed by atoms with Gasteiger partial charge in [0.2, 0.25) is 0 Å². The molecule has 33 heavy (non-hydrogen) atoms. The summed E-state index contributed by atoms with van der Waals surface area (Å²) < 4.78 is 17.6. The van der Waals surface area contributed by atoms with E-state index in [0.717, 1.165) is 60.6 Å². The summed E-state index contributed by atoms with van der Waals surface area (Å²) in [6.07, 6.45) is 7.91. The van der Waals surface area contributed by atoms with Gasteiger partial charge >= 0.3 is 0 Å². The molecule has 0 unspecified atom stereocenters. The second-order valence-electron chi connectivity index (χ2n) is 8.23. The predicted molar refractivity (Wildman–Crippen MR) is 135 cm³/mol. The predicted octanol–water partition coefficient (Wildman–Crippen LogP) is 6.59. The number of nitrogens with zero attached hydrogens (tertiary/aromatic N) is 1. The van der Waals surface area contributed by atoms with Crippen molar-refractivity contribution in [1.29, 1.82) is 0 Å². The van der Waals surface area contributed by atoms with E-state index in [4.69, 9.17) is 19.0 Å². The summed E-state index contributed by atoms with van der Waals surface area (Å²) in [6.45, 7) is 10.8. The van der Waals surface area contributed by atoms with Crippen LogP contribution in [0.3, 0.4) is 0 Å². The lowest BCUT2D eigenvalue weighted by Gasteiger charge is -2.14. The number of hydrogen-bond donors (Lipinski definition) is 0. The first-order valence-corrected chi connectivity index (χ1v) is 11.7. The average Bonchev–Trinajstić information content (AvgIpc) is 2.78. The van der Waals surface area contributed by atoms with Gasteiger partial charge in [-0.15, -0.1) is 0 Å². The zero-order valence-electron chi connectivity index (χ0n) is 20.9. The molecule has 5 heteroatoms. The lowest BCUT2D eigenvalue weighted by molar-refractivity contribution is 0.116. The van der Waals surface area contributed by atoms with Crippen LogP contribution in [0.25, 0.3) is 0 Å². The van der Waals surface area contributed by atoms with Gasteiger partial charge in [-0.2, -0.15) is 0 Å². The number of benzene rings is 2. The van der Waals surface area contributed by atoms with E-state index in [1.165, 1.54) is 11.1 Å². The highest BCUT2D eigenvalue weighted by Gasteiger charge is 2.07. The third-order valence-electron chi connectivity index (χ3n) is 5.19. The molecule has 0 aliphatic rings. The molecular formula is C28H39NO4. The fraction of sp³-hybridized carbons (Fsp3) is 0.464. The minimum atomic E-state index is 0.590. The van der Waals surface area contributed by atoms with E-state index in [9.17, 15) is 0 Å². The zero-order valence-corrected chi connectivity index (χ0v) is 20.9. The van der Waals surface area contributed by atoms with E-state index in [-0.39, 0.29) is 0 Å². The van der Waals surface area contributed by atoms with Gasteiger partial charge in [-0.3, -0.25) is 0 Å². The van der Waals surface area contributed by atoms with Crippen LogP contribution in [0.1, 0.15) is 55.4 Å². The molecule has 0 aliphatic carbocycles. The lowest BCUT2D eigenvalue weighted by Crippen LogP contribution is -2.03. The normalized spacial score (nSPS) is 11.7. The van der Waals surface area contributed by atoms with Gasteiger partial charge in [-0.1, -0.05) is 41.6 Å². The highest BCUT2D eigenvalue weighted by molar-refractivity contribution is 5.83. The summed E-state index contributed by atoms with van der Waals surface area (Å²) in [5, 5.41) is 3.95. The van der Waals surface area contributed by atoms with Crippen LogP contribution < -0.4 is 9.47 Å². The number of rotatable bonds is 15. The van der Waals surface area contributed by atoms with Gasteiger partial charge in [0.05, 0.1) is 18.9 Å². The van der Waals surface area contributed by atoms with E-state index < -0.39 is 0 Å². The Labute approximate surface area is 199 Å². The van der Waals surface area contributed by atoms with Crippen LogP contribution in [-0.4, -0.2) is 32.6 Å². The van der Waals surface area contributed by atoms with Gasteiger partial charge in [0.25, 0.3) is 0 Å². The highest BCUT2D eigenvalue weighted by atomic mass is 16.6. The maximum Gasteiger partial charge on any atom is 0.125 e. The second-order valence-corrected chi connectivity index (χ2v) is 8.23. The van der Waals surface area contributed by atoms with Crippen molar-refractivity contribution in [2.75, 3.05) is 26.9 Å². The van der Waals surface area contributed by atoms with Crippen molar-refractivity contribution in [3.63, 3.8) is 0 Å². The van der Waals surface area contributed by atoms with Gasteiger partial charge in [0, 0.05) is 13.0 Å². The molecule has 0 atom stereocenters. The molecule has 0 spiro atoms. The van der Waals surface area contributed by atoms with Crippen molar-refractivity contribution in [3.8, 4) is 11.5 Å². The lowest BCUT2D eigenvalue weighted by atomic mass is 10.1. The first-order valence-electron chi connectivity index (χ1n) is 11.7. The van der Waals surface area contributed by atoms with Crippen molar-refractivity contribution >= 4 is 5.71 Å². The standard InChI is InChI=1S/C28H39NO4/c1-6-7-16-32-27-18-22(2)28(23(3)19-27)33-17-10-8-9-15-31-21-26-13-11-25(12-14-26)20-24(4)29-30-5/h6-7,11-14,18-19H,8-10,15-17,20-21H2,1-5H3/b7-6+,29-24?. The fourth-order valence-corrected chi connectivity index (χ4v) is 3.55. The molecule has 0 bridgehead atoms. The zero-order chi connectivity index (χ0) is 23.9. The van der Waals surface area contributed by atoms with Gasteiger partial charge in [-0.25, -0.2) is 0 Å². The summed E-state index contributed by atoms with van der Waals surface area (Å²) in [7, 11) is 1.57. The Morgan fingerprint density at radius 1 is 0.909 bits per heavy atom. The summed E-state index contributed by atoms with van der Waals surface area (Å²) in [4.78, 5) is 4.81. The average molecular weight is 454 g/mol. The number of hydrogen-bond acceptors (Lipinski definition) is 5. The van der Waals surface area contributed by atoms with Crippen LogP contribution in [0.4, 0.5) is 0 Å². The fourth-order valence-electron chi connectivity index (χ4n) is 3.55. The van der Waals surface area contributed by atoms with Crippen molar-refractivity contribution in [2.45, 2.75) is 60.0 Å². The molecule has 2 aromatic rings. The minimum absolute atomic E-state index is 0.590. The maximum atomic E-state index is 6.05. The smallest absolute Gasteiger partial charge is 0.125 e. The van der Waals surface area contributed by atoms with E-state index in [1.807, 2.05) is 38.1 Å². The molecule has 0 saturated heterocycles. The monoisotopic (exact) mass is 453 g/mol. The molecule has 180 valence electrons. The van der Waals surface area contributed by atoms with E-state index in [0.29, 0.717) is 19.8 Å². The number of unbranched alkanes of at least 4 members (excludes halogenated alkanes) is 2. The van der Waals surface area contributed by atoms with Crippen molar-refractivity contribution in [3.05, 3.63) is 70.8 Å². The molecule has 2 rings (SSSR count). The molecule has 5 nitrogen and oxygen atoms in total. The van der Waals surface area contributed by atoms with E-state index >= 15 is 0 Å². The first kappa shape index (κ1) is 26.5. The molecule has 0 heterocycles. The third kappa shape index (κ3) is 10.1. The Hall–Kier alpha value is -2.79. The number of oxime groups is 1. The molecule has 0 amide bonds. The summed E-state index contributed by atoms with van der Waals surface area (Å²) in [6, 6.07) is 12.6. The minimum Gasteiger partial charge on any atom is -0.493 e. The first-order chi connectivity index (χ1) is 16.0. The quantitative estimate of drug-likeness (QED) is 0.132. The Balaban J connectivity index is 1.60. The topological polar surface area (TPSA) is 49.3 Å². The highest BCUT2D eigenvalue weighted by Crippen LogP contribution is 2.28. The molecule has 0 fully saturated rings. The van der Waals surface area contributed by atoms with Crippen molar-refractivity contribution < 1.29 is 19.0 Å². The molecule has 2 aromatic carbocycles. The van der Waals surface area contributed by atoms with Gasteiger partial charge in [-0.05, 0) is 81.3 Å². The SMILES string of the molecule is C/C=C/COc1cc(C)c(OCCCCCOCc2ccc(CC(C)=NOC)cc2)c(C)c1. The van der Waals surface area contributed by atoms with Crippen LogP contribution in [-0.2, 0) is 22.6 Å². The van der Waals surface area contributed by atoms with Crippen LogP contribution in [0.15, 0.2) is 53.7 Å². The molecule has 0 aliphatic heterocycles. The molecule has 0 radical (unpaired) electrons. The van der Waals surface area contributed by atoms with E-state index in [2.05, 4.69) is 43.3 Å². The van der Waals surface area contributed by atoms with Crippen molar-refractivity contribution in [2.24, 2.45) is 5.16 Å².